The third-order valence-corrected chi connectivity index (χ3v) is 3.92. The molecule has 1 aliphatic heterocycles. The number of hydrogen-bond acceptors (Lipinski definition) is 4. The zero-order valence-corrected chi connectivity index (χ0v) is 9.83. The largest absolute Gasteiger partial charge is 0.396 e. The lowest BCUT2D eigenvalue weighted by molar-refractivity contribution is 0.653. The van der Waals surface area contributed by atoms with Crippen molar-refractivity contribution in [2.24, 2.45) is 0 Å². The zero-order chi connectivity index (χ0) is 10.7. The van der Waals surface area contributed by atoms with Crippen LogP contribution < -0.4 is 10.6 Å². The van der Waals surface area contributed by atoms with Gasteiger partial charge in [-0.2, -0.15) is 11.8 Å². The molecule has 2 rings (SSSR count). The van der Waals surface area contributed by atoms with Crippen molar-refractivity contribution in [3.63, 3.8) is 0 Å². The number of anilines is 2. The summed E-state index contributed by atoms with van der Waals surface area (Å²) < 4.78 is 0. The minimum absolute atomic E-state index is 0.609. The molecule has 1 aliphatic rings. The fraction of sp³-hybridized carbons (Fsp3) is 0.545. The summed E-state index contributed by atoms with van der Waals surface area (Å²) in [6.07, 6.45) is 3.06. The van der Waals surface area contributed by atoms with E-state index in [1.165, 1.54) is 17.9 Å². The summed E-state index contributed by atoms with van der Waals surface area (Å²) in [5, 5.41) is 0. The molecular formula is C11H17N3S. The predicted molar refractivity (Wildman–Crippen MR) is 67.4 cm³/mol. The van der Waals surface area contributed by atoms with Gasteiger partial charge in [-0.3, -0.25) is 0 Å². The van der Waals surface area contributed by atoms with Crippen LogP contribution in [-0.2, 0) is 0 Å². The van der Waals surface area contributed by atoms with E-state index in [1.807, 2.05) is 30.1 Å². The minimum atomic E-state index is 0.609. The molecular weight excluding hydrogens is 206 g/mol. The van der Waals surface area contributed by atoms with E-state index in [2.05, 4.69) is 16.8 Å². The molecule has 2 N–H and O–H groups in total. The van der Waals surface area contributed by atoms with Crippen LogP contribution in [0.25, 0.3) is 0 Å². The highest BCUT2D eigenvalue weighted by atomic mass is 32.2. The SMILES string of the molecule is CCN(c1ncccc1N)C1CCSC1. The van der Waals surface area contributed by atoms with Crippen LogP contribution in [0.2, 0.25) is 0 Å². The monoisotopic (exact) mass is 223 g/mol. The van der Waals surface area contributed by atoms with Gasteiger partial charge in [0.15, 0.2) is 5.82 Å². The molecule has 3 nitrogen and oxygen atoms in total. The maximum absolute atomic E-state index is 5.95. The van der Waals surface area contributed by atoms with Gasteiger partial charge in [0.25, 0.3) is 0 Å². The number of aromatic nitrogens is 1. The molecule has 82 valence electrons. The van der Waals surface area contributed by atoms with E-state index in [9.17, 15) is 0 Å². The Kier molecular flexibility index (Phi) is 3.36. The van der Waals surface area contributed by atoms with Crippen molar-refractivity contribution in [2.45, 2.75) is 19.4 Å². The normalized spacial score (nSPS) is 20.5. The fourth-order valence-corrected chi connectivity index (χ4v) is 3.22. The van der Waals surface area contributed by atoms with Gasteiger partial charge < -0.3 is 10.6 Å². The van der Waals surface area contributed by atoms with Crippen molar-refractivity contribution in [3.05, 3.63) is 18.3 Å². The smallest absolute Gasteiger partial charge is 0.152 e. The van der Waals surface area contributed by atoms with Crippen LogP contribution in [-0.4, -0.2) is 29.1 Å². The van der Waals surface area contributed by atoms with Gasteiger partial charge in [-0.25, -0.2) is 4.98 Å². The standard InChI is InChI=1S/C11H17N3S/c1-2-14(9-5-7-15-8-9)11-10(12)4-3-6-13-11/h3-4,6,9H,2,5,7-8,12H2,1H3. The van der Waals surface area contributed by atoms with Crippen LogP contribution in [0.5, 0.6) is 0 Å². The molecule has 0 aliphatic carbocycles. The number of hydrogen-bond donors (Lipinski definition) is 1. The van der Waals surface area contributed by atoms with Crippen molar-refractivity contribution >= 4 is 23.3 Å². The van der Waals surface area contributed by atoms with Gasteiger partial charge in [0.1, 0.15) is 0 Å². The van der Waals surface area contributed by atoms with E-state index in [1.54, 1.807) is 0 Å². The average molecular weight is 223 g/mol. The zero-order valence-electron chi connectivity index (χ0n) is 9.02. The second kappa shape index (κ2) is 4.75. The molecule has 15 heavy (non-hydrogen) atoms. The summed E-state index contributed by atoms with van der Waals surface area (Å²) in [6.45, 7) is 3.14. The summed E-state index contributed by atoms with van der Waals surface area (Å²) in [5.74, 6) is 3.41. The molecule has 0 bridgehead atoms. The van der Waals surface area contributed by atoms with Gasteiger partial charge >= 0.3 is 0 Å². The Bertz CT molecular complexity index is 323. The van der Waals surface area contributed by atoms with Crippen LogP contribution in [0.3, 0.4) is 0 Å². The number of rotatable bonds is 3. The Hall–Kier alpha value is -0.900. The van der Waals surface area contributed by atoms with Gasteiger partial charge in [0, 0.05) is 24.5 Å². The summed E-state index contributed by atoms with van der Waals surface area (Å²) in [7, 11) is 0. The van der Waals surface area contributed by atoms with Crippen molar-refractivity contribution < 1.29 is 0 Å². The highest BCUT2D eigenvalue weighted by Gasteiger charge is 2.23. The molecule has 1 unspecified atom stereocenters. The highest BCUT2D eigenvalue weighted by Crippen LogP contribution is 2.28. The Morgan fingerprint density at radius 1 is 1.67 bits per heavy atom. The van der Waals surface area contributed by atoms with E-state index < -0.39 is 0 Å². The first-order valence-electron chi connectivity index (χ1n) is 5.37. The first-order chi connectivity index (χ1) is 7.33. The first kappa shape index (κ1) is 10.6. The van der Waals surface area contributed by atoms with E-state index >= 15 is 0 Å². The molecule has 1 aromatic heterocycles. The quantitative estimate of drug-likeness (QED) is 0.851. The predicted octanol–water partition coefficient (Wildman–Crippen LogP) is 2.00. The Morgan fingerprint density at radius 2 is 2.53 bits per heavy atom. The van der Waals surface area contributed by atoms with Gasteiger partial charge in [-0.1, -0.05) is 0 Å². The van der Waals surface area contributed by atoms with E-state index in [0.29, 0.717) is 6.04 Å². The summed E-state index contributed by atoms with van der Waals surface area (Å²) in [5.41, 5.74) is 6.74. The Balaban J connectivity index is 2.22. The van der Waals surface area contributed by atoms with Gasteiger partial charge in [-0.15, -0.1) is 0 Å². The molecule has 1 atom stereocenters. The molecule has 2 heterocycles. The molecule has 0 radical (unpaired) electrons. The highest BCUT2D eigenvalue weighted by molar-refractivity contribution is 7.99. The molecule has 0 spiro atoms. The molecule has 1 saturated heterocycles. The number of nitrogen functional groups attached to an aromatic ring is 1. The molecule has 0 aromatic carbocycles. The lowest BCUT2D eigenvalue weighted by atomic mass is 10.2. The van der Waals surface area contributed by atoms with Crippen LogP contribution in [0.4, 0.5) is 11.5 Å². The summed E-state index contributed by atoms with van der Waals surface area (Å²) in [6, 6.07) is 4.42. The summed E-state index contributed by atoms with van der Waals surface area (Å²) >= 11 is 2.02. The number of nitrogens with two attached hydrogens (primary N) is 1. The molecule has 0 amide bonds. The van der Waals surface area contributed by atoms with Crippen LogP contribution in [0, 0.1) is 0 Å². The van der Waals surface area contributed by atoms with Crippen molar-refractivity contribution in [2.75, 3.05) is 28.7 Å². The second-order valence-electron chi connectivity index (χ2n) is 3.72. The molecule has 4 heteroatoms. The Labute approximate surface area is 95.1 Å². The van der Waals surface area contributed by atoms with Gasteiger partial charge in [-0.05, 0) is 31.2 Å². The van der Waals surface area contributed by atoms with E-state index in [-0.39, 0.29) is 0 Å². The number of nitrogens with zero attached hydrogens (tertiary/aromatic N) is 2. The van der Waals surface area contributed by atoms with Crippen LogP contribution >= 0.6 is 11.8 Å². The number of pyridine rings is 1. The van der Waals surface area contributed by atoms with Crippen molar-refractivity contribution in [1.82, 2.24) is 4.98 Å². The number of thioether (sulfide) groups is 1. The lowest BCUT2D eigenvalue weighted by Crippen LogP contribution is -2.36. The van der Waals surface area contributed by atoms with Gasteiger partial charge in [0.2, 0.25) is 0 Å². The van der Waals surface area contributed by atoms with Gasteiger partial charge in [0.05, 0.1) is 5.69 Å². The maximum Gasteiger partial charge on any atom is 0.152 e. The lowest BCUT2D eigenvalue weighted by Gasteiger charge is -2.29. The van der Waals surface area contributed by atoms with Crippen LogP contribution in [0.1, 0.15) is 13.3 Å². The first-order valence-corrected chi connectivity index (χ1v) is 6.53. The maximum atomic E-state index is 5.95. The van der Waals surface area contributed by atoms with E-state index in [4.69, 9.17) is 5.73 Å². The molecule has 1 fully saturated rings. The van der Waals surface area contributed by atoms with Crippen molar-refractivity contribution in [3.8, 4) is 0 Å². The van der Waals surface area contributed by atoms with E-state index in [0.717, 1.165) is 18.1 Å². The van der Waals surface area contributed by atoms with Crippen molar-refractivity contribution in [1.29, 1.82) is 0 Å². The summed E-state index contributed by atoms with van der Waals surface area (Å²) in [4.78, 5) is 6.71. The van der Waals surface area contributed by atoms with Crippen LogP contribution in [0.15, 0.2) is 18.3 Å². The average Bonchev–Trinajstić information content (AvgIpc) is 2.75. The molecule has 1 aromatic rings. The Morgan fingerprint density at radius 3 is 3.13 bits per heavy atom. The minimum Gasteiger partial charge on any atom is -0.396 e. The topological polar surface area (TPSA) is 42.2 Å². The fourth-order valence-electron chi connectivity index (χ4n) is 2.00. The third kappa shape index (κ3) is 2.20. The second-order valence-corrected chi connectivity index (χ2v) is 4.87. The third-order valence-electron chi connectivity index (χ3n) is 2.78. The molecule has 0 saturated carbocycles.